The van der Waals surface area contributed by atoms with Crippen LogP contribution in [0.1, 0.15) is 33.1 Å². The molecule has 0 aromatic heterocycles. The zero-order chi connectivity index (χ0) is 18.6. The highest BCUT2D eigenvalue weighted by molar-refractivity contribution is 6.33. The first kappa shape index (κ1) is 19.5. The van der Waals surface area contributed by atoms with E-state index >= 15 is 0 Å². The molecular formula is C18H25ClN2O4. The zero-order valence-electron chi connectivity index (χ0n) is 14.5. The lowest BCUT2D eigenvalue weighted by molar-refractivity contribution is -0.162. The maximum Gasteiger partial charge on any atom is 0.321 e. The Balaban J connectivity index is 2.15. The van der Waals surface area contributed by atoms with Gasteiger partial charge in [0, 0.05) is 13.1 Å². The first-order chi connectivity index (χ1) is 11.8. The number of carboxylic acid groups (broad SMARTS) is 1. The third-order valence-corrected chi connectivity index (χ3v) is 5.11. The van der Waals surface area contributed by atoms with Crippen molar-refractivity contribution in [2.75, 3.05) is 18.4 Å². The summed E-state index contributed by atoms with van der Waals surface area (Å²) in [7, 11) is 0. The molecular weight excluding hydrogens is 344 g/mol. The van der Waals surface area contributed by atoms with Crippen molar-refractivity contribution in [3.05, 3.63) is 29.3 Å². The van der Waals surface area contributed by atoms with E-state index in [2.05, 4.69) is 5.32 Å². The Kier molecular flexibility index (Phi) is 6.30. The van der Waals surface area contributed by atoms with Crippen LogP contribution in [0.2, 0.25) is 5.02 Å². The highest BCUT2D eigenvalue weighted by atomic mass is 35.5. The first-order valence-corrected chi connectivity index (χ1v) is 8.86. The molecule has 2 amide bonds. The summed E-state index contributed by atoms with van der Waals surface area (Å²) in [5.74, 6) is -0.744. The normalized spacial score (nSPS) is 23.6. The average molecular weight is 369 g/mol. The van der Waals surface area contributed by atoms with E-state index in [-0.39, 0.29) is 13.0 Å². The van der Waals surface area contributed by atoms with Gasteiger partial charge in [0.15, 0.2) is 0 Å². The molecule has 2 rings (SSSR count). The maximum atomic E-state index is 12.6. The van der Waals surface area contributed by atoms with Gasteiger partial charge in [0.25, 0.3) is 0 Å². The summed E-state index contributed by atoms with van der Waals surface area (Å²) >= 11 is 6.05. The topological polar surface area (TPSA) is 89.9 Å². The number of piperidine rings is 1. The van der Waals surface area contributed by atoms with Crippen LogP contribution in [-0.2, 0) is 4.79 Å². The van der Waals surface area contributed by atoms with Crippen molar-refractivity contribution in [2.24, 2.45) is 11.3 Å². The van der Waals surface area contributed by atoms with Crippen molar-refractivity contribution in [2.45, 2.75) is 39.2 Å². The molecule has 1 heterocycles. The highest BCUT2D eigenvalue weighted by Crippen LogP contribution is 2.37. The quantitative estimate of drug-likeness (QED) is 0.742. The maximum absolute atomic E-state index is 12.6. The van der Waals surface area contributed by atoms with Crippen LogP contribution in [0.15, 0.2) is 24.3 Å². The fourth-order valence-electron chi connectivity index (χ4n) is 3.12. The molecule has 0 bridgehead atoms. The lowest BCUT2D eigenvalue weighted by atomic mass is 9.73. The van der Waals surface area contributed by atoms with Crippen molar-refractivity contribution < 1.29 is 19.8 Å². The predicted octanol–water partition coefficient (Wildman–Crippen LogP) is 3.45. The molecule has 1 aliphatic rings. The Hall–Kier alpha value is -1.79. The summed E-state index contributed by atoms with van der Waals surface area (Å²) in [5.41, 5.74) is -0.858. The molecule has 138 valence electrons. The number of aliphatic hydroxyl groups excluding tert-OH is 1. The van der Waals surface area contributed by atoms with Gasteiger partial charge < -0.3 is 20.4 Å². The number of urea groups is 1. The van der Waals surface area contributed by atoms with Gasteiger partial charge in [-0.2, -0.15) is 0 Å². The minimum atomic E-state index is -1.33. The molecule has 0 radical (unpaired) electrons. The largest absolute Gasteiger partial charge is 0.481 e. The molecule has 1 saturated heterocycles. The number of nitrogens with one attached hydrogen (secondary N) is 1. The van der Waals surface area contributed by atoms with E-state index in [0.717, 1.165) is 0 Å². The summed E-state index contributed by atoms with van der Waals surface area (Å²) in [6.45, 7) is 4.29. The third-order valence-electron chi connectivity index (χ3n) is 4.78. The van der Waals surface area contributed by atoms with Gasteiger partial charge in [-0.25, -0.2) is 4.79 Å². The number of rotatable bonds is 5. The number of halogens is 1. The number of aliphatic hydroxyl groups is 1. The summed E-state index contributed by atoms with van der Waals surface area (Å²) in [6, 6.07) is 6.46. The Bertz CT molecular complexity index is 637. The van der Waals surface area contributed by atoms with Crippen LogP contribution in [0, 0.1) is 11.3 Å². The minimum absolute atomic E-state index is 0.0213. The number of carboxylic acids is 1. The van der Waals surface area contributed by atoms with Crippen LogP contribution >= 0.6 is 11.6 Å². The van der Waals surface area contributed by atoms with Crippen molar-refractivity contribution in [3.8, 4) is 0 Å². The van der Waals surface area contributed by atoms with Gasteiger partial charge >= 0.3 is 12.0 Å². The van der Waals surface area contributed by atoms with Crippen molar-refractivity contribution >= 4 is 29.3 Å². The number of amides is 2. The summed E-state index contributed by atoms with van der Waals surface area (Å²) in [4.78, 5) is 25.9. The number of anilines is 1. The number of aliphatic carboxylic acids is 1. The van der Waals surface area contributed by atoms with Crippen molar-refractivity contribution in [1.82, 2.24) is 4.90 Å². The van der Waals surface area contributed by atoms with Crippen LogP contribution in [0.3, 0.4) is 0 Å². The molecule has 1 aliphatic heterocycles. The number of carbonyl (C=O) groups excluding carboxylic acids is 1. The third kappa shape index (κ3) is 4.44. The molecule has 2 atom stereocenters. The van der Waals surface area contributed by atoms with Gasteiger partial charge in [-0.1, -0.05) is 37.6 Å². The van der Waals surface area contributed by atoms with Gasteiger partial charge in [0.05, 0.1) is 16.8 Å². The first-order valence-electron chi connectivity index (χ1n) is 8.48. The molecule has 0 saturated carbocycles. The van der Waals surface area contributed by atoms with Crippen LogP contribution in [0.5, 0.6) is 0 Å². The fraction of sp³-hybridized carbons (Fsp3) is 0.556. The Morgan fingerprint density at radius 2 is 2.08 bits per heavy atom. The van der Waals surface area contributed by atoms with Gasteiger partial charge in [-0.15, -0.1) is 0 Å². The van der Waals surface area contributed by atoms with E-state index in [1.807, 2.05) is 13.8 Å². The van der Waals surface area contributed by atoms with Crippen LogP contribution in [0.25, 0.3) is 0 Å². The number of benzene rings is 1. The SMILES string of the molecule is CC(C)CC[C@@]1(C(=O)O)CN(C(=O)Nc2ccccc2Cl)CC[C@H]1O. The summed E-state index contributed by atoms with van der Waals surface area (Å²) in [6.07, 6.45) is 0.272. The predicted molar refractivity (Wildman–Crippen MR) is 96.8 cm³/mol. The Morgan fingerprint density at radius 1 is 1.40 bits per heavy atom. The van der Waals surface area contributed by atoms with Crippen molar-refractivity contribution in [3.63, 3.8) is 0 Å². The Morgan fingerprint density at radius 3 is 2.68 bits per heavy atom. The van der Waals surface area contributed by atoms with Gasteiger partial charge in [-0.3, -0.25) is 4.79 Å². The molecule has 0 spiro atoms. The molecule has 1 fully saturated rings. The number of likely N-dealkylation sites (tertiary alicyclic amines) is 1. The fourth-order valence-corrected chi connectivity index (χ4v) is 3.30. The van der Waals surface area contributed by atoms with Gasteiger partial charge in [-0.05, 0) is 37.3 Å². The molecule has 6 nitrogen and oxygen atoms in total. The summed E-state index contributed by atoms with van der Waals surface area (Å²) < 4.78 is 0. The number of para-hydroxylation sites is 1. The van der Waals surface area contributed by atoms with E-state index in [4.69, 9.17) is 11.6 Å². The monoisotopic (exact) mass is 368 g/mol. The van der Waals surface area contributed by atoms with Crippen LogP contribution < -0.4 is 5.32 Å². The molecule has 7 heteroatoms. The number of hydrogen-bond acceptors (Lipinski definition) is 3. The van der Waals surface area contributed by atoms with E-state index < -0.39 is 23.5 Å². The number of carbonyl (C=O) groups is 2. The second-order valence-corrected chi connectivity index (χ2v) is 7.44. The van der Waals surface area contributed by atoms with E-state index in [9.17, 15) is 19.8 Å². The lowest BCUT2D eigenvalue weighted by Gasteiger charge is -2.43. The summed E-state index contributed by atoms with van der Waals surface area (Å²) in [5, 5.41) is 23.3. The minimum Gasteiger partial charge on any atom is -0.481 e. The van der Waals surface area contributed by atoms with E-state index in [0.29, 0.717) is 36.0 Å². The van der Waals surface area contributed by atoms with Gasteiger partial charge in [0.1, 0.15) is 5.41 Å². The second kappa shape index (κ2) is 8.06. The molecule has 1 aromatic carbocycles. The van der Waals surface area contributed by atoms with Crippen LogP contribution in [0.4, 0.5) is 10.5 Å². The zero-order valence-corrected chi connectivity index (χ0v) is 15.3. The standard InChI is InChI=1S/C18H25ClN2O4/c1-12(2)7-9-18(16(23)24)11-21(10-8-15(18)22)17(25)20-14-6-4-3-5-13(14)19/h3-6,12,15,22H,7-11H2,1-2H3,(H,20,25)(H,23,24)/t15-,18-/m1/s1. The second-order valence-electron chi connectivity index (χ2n) is 7.03. The number of nitrogens with zero attached hydrogens (tertiary/aromatic N) is 1. The van der Waals surface area contributed by atoms with Crippen molar-refractivity contribution in [1.29, 1.82) is 0 Å². The lowest BCUT2D eigenvalue weighted by Crippen LogP contribution is -2.58. The average Bonchev–Trinajstić information content (AvgIpc) is 2.56. The molecule has 1 aromatic rings. The number of hydrogen-bond donors (Lipinski definition) is 3. The van der Waals surface area contributed by atoms with Crippen LogP contribution in [-0.4, -0.2) is 46.3 Å². The van der Waals surface area contributed by atoms with E-state index in [1.54, 1.807) is 24.3 Å². The molecule has 0 aliphatic carbocycles. The van der Waals surface area contributed by atoms with E-state index in [1.165, 1.54) is 4.90 Å². The molecule has 3 N–H and O–H groups in total. The van der Waals surface area contributed by atoms with Gasteiger partial charge in [0.2, 0.25) is 0 Å². The Labute approximate surface area is 152 Å². The smallest absolute Gasteiger partial charge is 0.321 e. The molecule has 25 heavy (non-hydrogen) atoms. The highest BCUT2D eigenvalue weighted by Gasteiger charge is 2.49. The molecule has 0 unspecified atom stereocenters.